The van der Waals surface area contributed by atoms with E-state index in [0.717, 1.165) is 62.0 Å². The molecule has 0 spiro atoms. The Morgan fingerprint density at radius 2 is 1.00 bits per heavy atom. The minimum atomic E-state index is 0.607. The monoisotopic (exact) mass is 513 g/mol. The van der Waals surface area contributed by atoms with Gasteiger partial charge in [-0.15, -0.1) is 0 Å². The fourth-order valence-corrected chi connectivity index (χ4v) is 5.54. The average molecular weight is 514 g/mol. The van der Waals surface area contributed by atoms with Crippen molar-refractivity contribution in [1.29, 1.82) is 0 Å². The third kappa shape index (κ3) is 3.52. The maximum Gasteiger partial charge on any atom is 0.235 e. The van der Waals surface area contributed by atoms with E-state index >= 15 is 0 Å². The maximum atomic E-state index is 5.19. The van der Waals surface area contributed by atoms with Crippen LogP contribution >= 0.6 is 0 Å². The first kappa shape index (κ1) is 22.4. The first-order valence-corrected chi connectivity index (χ1v) is 13.3. The minimum Gasteiger partial charge on any atom is -0.290 e. The molecule has 0 aliphatic carbocycles. The summed E-state index contributed by atoms with van der Waals surface area (Å²) in [5.41, 5.74) is 9.85. The lowest BCUT2D eigenvalue weighted by Crippen LogP contribution is -2.15. The van der Waals surface area contributed by atoms with E-state index in [4.69, 9.17) is 15.0 Å². The van der Waals surface area contributed by atoms with Crippen LogP contribution in [0.3, 0.4) is 0 Å². The molecule has 0 amide bonds. The summed E-state index contributed by atoms with van der Waals surface area (Å²) in [6, 6.07) is 47.7. The van der Waals surface area contributed by atoms with Crippen LogP contribution in [0.2, 0.25) is 0 Å². The zero-order valence-corrected chi connectivity index (χ0v) is 21.5. The highest BCUT2D eigenvalue weighted by atomic mass is 15.3. The van der Waals surface area contributed by atoms with Gasteiger partial charge in [0.25, 0.3) is 0 Å². The summed E-state index contributed by atoms with van der Waals surface area (Å²) in [6.45, 7) is 0. The molecule has 7 aromatic rings. The Labute approximate surface area is 231 Å². The van der Waals surface area contributed by atoms with Gasteiger partial charge in [-0.1, -0.05) is 97.1 Å². The van der Waals surface area contributed by atoms with Crippen molar-refractivity contribution in [3.05, 3.63) is 140 Å². The van der Waals surface area contributed by atoms with Crippen molar-refractivity contribution in [3.8, 4) is 39.6 Å². The fraction of sp³-hybridized carbons (Fsp3) is 0. The molecule has 188 valence electrons. The number of anilines is 3. The van der Waals surface area contributed by atoms with Gasteiger partial charge in [0.15, 0.2) is 0 Å². The second-order valence-electron chi connectivity index (χ2n) is 9.77. The van der Waals surface area contributed by atoms with Crippen LogP contribution in [0.1, 0.15) is 0 Å². The van der Waals surface area contributed by atoms with Crippen molar-refractivity contribution in [2.75, 3.05) is 4.90 Å². The molecule has 0 saturated heterocycles. The predicted molar refractivity (Wildman–Crippen MR) is 161 cm³/mol. The second-order valence-corrected chi connectivity index (χ2v) is 9.77. The standard InChI is InChI=1S/C35H23N5/c1-3-13-24(14-4-1)28-23-29(25-15-5-2-6-16-25)38-35(37-28)40-30-19-9-7-17-26(30)34-36-27-18-8-10-20-31(27)39(34)32-21-11-12-22-33(32)40/h1-23H. The molecule has 5 nitrogen and oxygen atoms in total. The van der Waals surface area contributed by atoms with Crippen molar-refractivity contribution < 1.29 is 0 Å². The third-order valence-corrected chi connectivity index (χ3v) is 7.36. The van der Waals surface area contributed by atoms with Gasteiger partial charge in [0, 0.05) is 16.7 Å². The van der Waals surface area contributed by atoms with Crippen LogP contribution in [0.4, 0.5) is 17.3 Å². The molecule has 0 unspecified atom stereocenters. The first-order chi connectivity index (χ1) is 19.8. The Morgan fingerprint density at radius 1 is 0.450 bits per heavy atom. The maximum absolute atomic E-state index is 5.19. The zero-order chi connectivity index (χ0) is 26.5. The molecule has 5 aromatic carbocycles. The average Bonchev–Trinajstić information content (AvgIpc) is 3.36. The summed E-state index contributed by atoms with van der Waals surface area (Å²) in [6.07, 6.45) is 0. The number of hydrogen-bond donors (Lipinski definition) is 0. The molecule has 0 saturated carbocycles. The van der Waals surface area contributed by atoms with Gasteiger partial charge >= 0.3 is 0 Å². The Bertz CT molecular complexity index is 1950. The molecule has 0 N–H and O–H groups in total. The summed E-state index contributed by atoms with van der Waals surface area (Å²) < 4.78 is 2.25. The van der Waals surface area contributed by atoms with Gasteiger partial charge < -0.3 is 0 Å². The molecular formula is C35H23N5. The summed E-state index contributed by atoms with van der Waals surface area (Å²) >= 11 is 0. The van der Waals surface area contributed by atoms with Crippen LogP contribution in [0.5, 0.6) is 0 Å². The van der Waals surface area contributed by atoms with Gasteiger partial charge in [0.05, 0.1) is 39.5 Å². The largest absolute Gasteiger partial charge is 0.290 e. The van der Waals surface area contributed by atoms with E-state index in [-0.39, 0.29) is 0 Å². The molecule has 0 atom stereocenters. The SMILES string of the molecule is c1ccc(-c2cc(-c3ccccc3)nc(N3c4ccccc4-c4nc5ccccc5n4-c4ccccc43)n2)cc1. The van der Waals surface area contributed by atoms with E-state index < -0.39 is 0 Å². The highest BCUT2D eigenvalue weighted by Crippen LogP contribution is 2.47. The van der Waals surface area contributed by atoms with Crippen molar-refractivity contribution in [2.45, 2.75) is 0 Å². The molecule has 8 rings (SSSR count). The second kappa shape index (κ2) is 9.03. The number of fused-ring (bicyclic) bond motifs is 7. The van der Waals surface area contributed by atoms with Gasteiger partial charge in [-0.25, -0.2) is 15.0 Å². The number of nitrogens with zero attached hydrogens (tertiary/aromatic N) is 5. The topological polar surface area (TPSA) is 46.8 Å². The molecule has 0 fully saturated rings. The van der Waals surface area contributed by atoms with Crippen molar-refractivity contribution in [3.63, 3.8) is 0 Å². The van der Waals surface area contributed by atoms with Gasteiger partial charge in [0.1, 0.15) is 5.82 Å². The van der Waals surface area contributed by atoms with E-state index in [0.29, 0.717) is 5.95 Å². The van der Waals surface area contributed by atoms with Crippen molar-refractivity contribution in [1.82, 2.24) is 19.5 Å². The van der Waals surface area contributed by atoms with E-state index in [1.54, 1.807) is 0 Å². The summed E-state index contributed by atoms with van der Waals surface area (Å²) in [5, 5.41) is 0. The highest BCUT2D eigenvalue weighted by Gasteiger charge is 2.30. The number of para-hydroxylation sites is 5. The first-order valence-electron chi connectivity index (χ1n) is 13.3. The van der Waals surface area contributed by atoms with Gasteiger partial charge in [-0.05, 0) is 42.5 Å². The van der Waals surface area contributed by atoms with E-state index in [1.807, 2.05) is 42.5 Å². The Hall–Kier alpha value is -5.55. The van der Waals surface area contributed by atoms with Crippen LogP contribution in [-0.2, 0) is 0 Å². The Kier molecular flexibility index (Phi) is 5.07. The Morgan fingerprint density at radius 3 is 1.70 bits per heavy atom. The summed E-state index contributed by atoms with van der Waals surface area (Å²) in [4.78, 5) is 17.7. The fourth-order valence-electron chi connectivity index (χ4n) is 5.54. The number of rotatable bonds is 3. The molecule has 40 heavy (non-hydrogen) atoms. The van der Waals surface area contributed by atoms with Gasteiger partial charge in [0.2, 0.25) is 5.95 Å². The molecule has 5 heteroatoms. The lowest BCUT2D eigenvalue weighted by Gasteiger charge is -2.25. The van der Waals surface area contributed by atoms with Crippen molar-refractivity contribution >= 4 is 28.4 Å². The van der Waals surface area contributed by atoms with E-state index in [1.165, 1.54) is 0 Å². The number of benzene rings is 5. The molecule has 1 aliphatic rings. The van der Waals surface area contributed by atoms with Crippen LogP contribution < -0.4 is 4.90 Å². The number of aromatic nitrogens is 4. The summed E-state index contributed by atoms with van der Waals surface area (Å²) in [5.74, 6) is 1.50. The van der Waals surface area contributed by atoms with Crippen LogP contribution in [0, 0.1) is 0 Å². The third-order valence-electron chi connectivity index (χ3n) is 7.36. The molecule has 1 aliphatic heterocycles. The molecule has 0 bridgehead atoms. The van der Waals surface area contributed by atoms with Crippen LogP contribution in [0.25, 0.3) is 50.6 Å². The zero-order valence-electron chi connectivity index (χ0n) is 21.5. The smallest absolute Gasteiger partial charge is 0.235 e. The lowest BCUT2D eigenvalue weighted by molar-refractivity contribution is 1.07. The van der Waals surface area contributed by atoms with Crippen LogP contribution in [0.15, 0.2) is 140 Å². The van der Waals surface area contributed by atoms with E-state index in [2.05, 4.69) is 107 Å². The Balaban J connectivity index is 1.45. The summed E-state index contributed by atoms with van der Waals surface area (Å²) in [7, 11) is 0. The van der Waals surface area contributed by atoms with E-state index in [9.17, 15) is 0 Å². The van der Waals surface area contributed by atoms with Gasteiger partial charge in [-0.2, -0.15) is 0 Å². The predicted octanol–water partition coefficient (Wildman–Crippen LogP) is 8.60. The number of hydrogen-bond acceptors (Lipinski definition) is 4. The molecule has 2 aromatic heterocycles. The lowest BCUT2D eigenvalue weighted by atomic mass is 10.1. The molecule has 3 heterocycles. The normalized spacial score (nSPS) is 11.9. The quantitative estimate of drug-likeness (QED) is 0.237. The molecular weight excluding hydrogens is 490 g/mol. The number of imidazole rings is 1. The minimum absolute atomic E-state index is 0.607. The molecule has 0 radical (unpaired) electrons. The van der Waals surface area contributed by atoms with Gasteiger partial charge in [-0.3, -0.25) is 9.47 Å². The highest BCUT2D eigenvalue weighted by molar-refractivity contribution is 5.95. The van der Waals surface area contributed by atoms with Crippen LogP contribution in [-0.4, -0.2) is 19.5 Å². The van der Waals surface area contributed by atoms with Crippen molar-refractivity contribution in [2.24, 2.45) is 0 Å².